The number of hydrogen-bond donors (Lipinski definition) is 1. The summed E-state index contributed by atoms with van der Waals surface area (Å²) in [5, 5.41) is 3.13. The molecule has 0 spiro atoms. The van der Waals surface area contributed by atoms with Crippen molar-refractivity contribution in [2.24, 2.45) is 0 Å². The first kappa shape index (κ1) is 14.7. The molecule has 0 aliphatic carbocycles. The van der Waals surface area contributed by atoms with Gasteiger partial charge in [0.25, 0.3) is 0 Å². The Bertz CT molecular complexity index is 587. The molecule has 2 nitrogen and oxygen atoms in total. The van der Waals surface area contributed by atoms with Crippen LogP contribution in [0.2, 0.25) is 0 Å². The fourth-order valence-corrected chi connectivity index (χ4v) is 2.05. The lowest BCUT2D eigenvalue weighted by atomic mass is 10.2. The van der Waals surface area contributed by atoms with E-state index in [1.54, 1.807) is 6.07 Å². The number of alkyl halides is 3. The molecule has 0 aromatic heterocycles. The van der Waals surface area contributed by atoms with Gasteiger partial charge < -0.3 is 10.1 Å². The van der Waals surface area contributed by atoms with Crippen LogP contribution in [0.25, 0.3) is 0 Å². The van der Waals surface area contributed by atoms with Crippen molar-refractivity contribution in [1.29, 1.82) is 0 Å². The summed E-state index contributed by atoms with van der Waals surface area (Å²) in [5.41, 5.74) is 1.58. The van der Waals surface area contributed by atoms with E-state index in [1.165, 1.54) is 18.2 Å². The molecule has 0 atom stereocenters. The second-order valence-electron chi connectivity index (χ2n) is 4.06. The molecule has 1 N–H and O–H groups in total. The molecule has 2 aromatic carbocycles. The molecule has 2 rings (SSSR count). The molecule has 0 unspecified atom stereocenters. The van der Waals surface area contributed by atoms with Crippen molar-refractivity contribution in [3.05, 3.63) is 58.6 Å². The maximum Gasteiger partial charge on any atom is 0.573 e. The molecule has 0 radical (unpaired) electrons. The Morgan fingerprint density at radius 2 is 1.80 bits per heavy atom. The summed E-state index contributed by atoms with van der Waals surface area (Å²) in [7, 11) is 0. The van der Waals surface area contributed by atoms with E-state index in [1.807, 2.05) is 24.3 Å². The van der Waals surface area contributed by atoms with E-state index in [9.17, 15) is 13.2 Å². The Morgan fingerprint density at radius 1 is 1.05 bits per heavy atom. The lowest BCUT2D eigenvalue weighted by Gasteiger charge is -2.11. The van der Waals surface area contributed by atoms with Crippen LogP contribution in [-0.2, 0) is 6.54 Å². The third-order valence-corrected chi connectivity index (χ3v) is 2.95. The van der Waals surface area contributed by atoms with Crippen molar-refractivity contribution in [2.45, 2.75) is 12.9 Å². The largest absolute Gasteiger partial charge is 0.573 e. The van der Waals surface area contributed by atoms with Crippen LogP contribution in [-0.4, -0.2) is 6.36 Å². The van der Waals surface area contributed by atoms with Crippen LogP contribution in [0, 0.1) is 0 Å². The van der Waals surface area contributed by atoms with Crippen molar-refractivity contribution in [3.63, 3.8) is 0 Å². The van der Waals surface area contributed by atoms with Gasteiger partial charge in [0.2, 0.25) is 0 Å². The van der Waals surface area contributed by atoms with Gasteiger partial charge in [-0.1, -0.05) is 34.1 Å². The van der Waals surface area contributed by atoms with Crippen molar-refractivity contribution in [3.8, 4) is 5.75 Å². The first-order chi connectivity index (χ1) is 9.42. The van der Waals surface area contributed by atoms with Gasteiger partial charge in [-0.25, -0.2) is 0 Å². The van der Waals surface area contributed by atoms with Crippen LogP contribution in [0.5, 0.6) is 5.75 Å². The maximum atomic E-state index is 12.1. The van der Waals surface area contributed by atoms with Crippen LogP contribution in [0.15, 0.2) is 53.0 Å². The normalized spacial score (nSPS) is 11.2. The molecule has 0 fully saturated rings. The van der Waals surface area contributed by atoms with E-state index < -0.39 is 6.36 Å². The topological polar surface area (TPSA) is 21.3 Å². The third-order valence-electron chi connectivity index (χ3n) is 2.45. The molecule has 0 aliphatic heterocycles. The number of hydrogen-bond acceptors (Lipinski definition) is 2. The summed E-state index contributed by atoms with van der Waals surface area (Å²) in [6.45, 7) is 0.408. The molecule has 20 heavy (non-hydrogen) atoms. The highest BCUT2D eigenvalue weighted by atomic mass is 79.9. The lowest BCUT2D eigenvalue weighted by Crippen LogP contribution is -2.17. The number of nitrogens with one attached hydrogen (secondary N) is 1. The zero-order chi connectivity index (χ0) is 14.6. The number of rotatable bonds is 4. The maximum absolute atomic E-state index is 12.1. The molecule has 0 bridgehead atoms. The van der Waals surface area contributed by atoms with Crippen molar-refractivity contribution in [2.75, 3.05) is 5.32 Å². The highest BCUT2D eigenvalue weighted by molar-refractivity contribution is 9.10. The Balaban J connectivity index is 2.01. The molecule has 0 saturated heterocycles. The van der Waals surface area contributed by atoms with Gasteiger partial charge in [0.15, 0.2) is 0 Å². The van der Waals surface area contributed by atoms with E-state index >= 15 is 0 Å². The Hall–Kier alpha value is -1.69. The molecule has 0 saturated carbocycles. The van der Waals surface area contributed by atoms with Gasteiger partial charge in [0.1, 0.15) is 5.75 Å². The predicted octanol–water partition coefficient (Wildman–Crippen LogP) is 4.96. The molecular formula is C14H11BrF3NO. The van der Waals surface area contributed by atoms with Crippen LogP contribution in [0.1, 0.15) is 5.56 Å². The highest BCUT2D eigenvalue weighted by Gasteiger charge is 2.31. The molecule has 6 heteroatoms. The minimum absolute atomic E-state index is 0.217. The number of anilines is 1. The van der Waals surface area contributed by atoms with E-state index in [4.69, 9.17) is 0 Å². The van der Waals surface area contributed by atoms with Crippen molar-refractivity contribution < 1.29 is 17.9 Å². The fourth-order valence-electron chi connectivity index (χ4n) is 1.66. The van der Waals surface area contributed by atoms with Crippen molar-refractivity contribution >= 4 is 21.6 Å². The van der Waals surface area contributed by atoms with E-state index in [0.717, 1.165) is 10.2 Å². The summed E-state index contributed by atoms with van der Waals surface area (Å²) in [4.78, 5) is 0. The van der Waals surface area contributed by atoms with E-state index in [2.05, 4.69) is 26.0 Å². The Kier molecular flexibility index (Phi) is 4.54. The van der Waals surface area contributed by atoms with Crippen LogP contribution in [0.4, 0.5) is 18.9 Å². The van der Waals surface area contributed by atoms with E-state index in [-0.39, 0.29) is 5.75 Å². The van der Waals surface area contributed by atoms with Crippen LogP contribution < -0.4 is 10.1 Å². The van der Waals surface area contributed by atoms with Gasteiger partial charge in [-0.3, -0.25) is 0 Å². The van der Waals surface area contributed by atoms with Crippen LogP contribution >= 0.6 is 15.9 Å². The average molecular weight is 346 g/mol. The Labute approximate surface area is 122 Å². The fraction of sp³-hybridized carbons (Fsp3) is 0.143. The van der Waals surface area contributed by atoms with E-state index in [0.29, 0.717) is 12.1 Å². The molecule has 2 aromatic rings. The second kappa shape index (κ2) is 6.17. The summed E-state index contributed by atoms with van der Waals surface area (Å²) in [6.07, 6.45) is -4.67. The first-order valence-electron chi connectivity index (χ1n) is 5.76. The Morgan fingerprint density at radius 3 is 2.50 bits per heavy atom. The molecule has 0 aliphatic rings. The summed E-state index contributed by atoms with van der Waals surface area (Å²) >= 11 is 3.35. The number of halogens is 4. The summed E-state index contributed by atoms with van der Waals surface area (Å²) in [5.74, 6) is -0.217. The van der Waals surface area contributed by atoms with Crippen molar-refractivity contribution in [1.82, 2.24) is 0 Å². The molecule has 0 amide bonds. The van der Waals surface area contributed by atoms with Gasteiger partial charge in [-0.15, -0.1) is 13.2 Å². The van der Waals surface area contributed by atoms with Gasteiger partial charge in [0, 0.05) is 16.7 Å². The summed E-state index contributed by atoms with van der Waals surface area (Å²) < 4.78 is 41.2. The van der Waals surface area contributed by atoms with Gasteiger partial charge in [-0.2, -0.15) is 0 Å². The molecule has 0 heterocycles. The van der Waals surface area contributed by atoms with Gasteiger partial charge in [0.05, 0.1) is 0 Å². The lowest BCUT2D eigenvalue weighted by molar-refractivity contribution is -0.274. The third kappa shape index (κ3) is 4.77. The van der Waals surface area contributed by atoms with Gasteiger partial charge in [-0.05, 0) is 35.9 Å². The molecule has 106 valence electrons. The quantitative estimate of drug-likeness (QED) is 0.845. The molecular weight excluding hydrogens is 335 g/mol. The standard InChI is InChI=1S/C14H11BrF3NO/c15-11-4-2-5-12(8-11)19-9-10-3-1-6-13(7-10)20-14(16,17)18/h1-8,19H,9H2. The predicted molar refractivity (Wildman–Crippen MR) is 74.6 cm³/mol. The van der Waals surface area contributed by atoms with Crippen LogP contribution in [0.3, 0.4) is 0 Å². The second-order valence-corrected chi connectivity index (χ2v) is 4.97. The average Bonchev–Trinajstić information content (AvgIpc) is 2.35. The minimum atomic E-state index is -4.67. The zero-order valence-electron chi connectivity index (χ0n) is 10.2. The van der Waals surface area contributed by atoms with Gasteiger partial charge >= 0.3 is 6.36 Å². The first-order valence-corrected chi connectivity index (χ1v) is 6.56. The number of benzene rings is 2. The zero-order valence-corrected chi connectivity index (χ0v) is 11.8. The minimum Gasteiger partial charge on any atom is -0.406 e. The smallest absolute Gasteiger partial charge is 0.406 e. The highest BCUT2D eigenvalue weighted by Crippen LogP contribution is 2.24. The summed E-state index contributed by atoms with van der Waals surface area (Å²) in [6, 6.07) is 13.4. The monoisotopic (exact) mass is 345 g/mol. The SMILES string of the molecule is FC(F)(F)Oc1cccc(CNc2cccc(Br)c2)c1. The number of ether oxygens (including phenoxy) is 1.